The molecule has 0 saturated heterocycles. The molecule has 0 fully saturated rings. The third kappa shape index (κ3) is 2.57. The van der Waals surface area contributed by atoms with Crippen LogP contribution in [0.15, 0.2) is 24.5 Å². The molecule has 0 unspecified atom stereocenters. The Kier molecular flexibility index (Phi) is 3.79. The van der Waals surface area contributed by atoms with Gasteiger partial charge in [-0.1, -0.05) is 0 Å². The minimum Gasteiger partial charge on any atom is -0.493 e. The van der Waals surface area contributed by atoms with E-state index in [-0.39, 0.29) is 0 Å². The highest BCUT2D eigenvalue weighted by Gasteiger charge is 2.13. The molecule has 0 atom stereocenters. The number of anilines is 1. The zero-order valence-corrected chi connectivity index (χ0v) is 11.2. The Morgan fingerprint density at radius 1 is 1.11 bits per heavy atom. The molecule has 0 saturated carbocycles. The Morgan fingerprint density at radius 2 is 1.74 bits per heavy atom. The molecule has 6 nitrogen and oxygen atoms in total. The summed E-state index contributed by atoms with van der Waals surface area (Å²) in [6, 6.07) is 3.78. The van der Waals surface area contributed by atoms with E-state index < -0.39 is 0 Å². The van der Waals surface area contributed by atoms with Crippen LogP contribution in [0.2, 0.25) is 0 Å². The summed E-state index contributed by atoms with van der Waals surface area (Å²) in [6.07, 6.45) is 3.48. The third-order valence-electron chi connectivity index (χ3n) is 2.83. The Morgan fingerprint density at radius 3 is 2.16 bits per heavy atom. The number of aromatic nitrogens is 2. The second kappa shape index (κ2) is 5.51. The largest absolute Gasteiger partial charge is 0.493 e. The van der Waals surface area contributed by atoms with E-state index in [1.807, 2.05) is 22.9 Å². The lowest BCUT2D eigenvalue weighted by Crippen LogP contribution is -2.05. The summed E-state index contributed by atoms with van der Waals surface area (Å²) in [5.74, 6) is 2.28. The van der Waals surface area contributed by atoms with Crippen LogP contribution in [0, 0.1) is 0 Å². The number of nitrogen functional groups attached to an aromatic ring is 1. The number of ether oxygens (including phenoxy) is 3. The molecule has 2 aromatic rings. The van der Waals surface area contributed by atoms with Crippen LogP contribution in [0.5, 0.6) is 17.2 Å². The molecule has 102 valence electrons. The number of hydrogen-bond acceptors (Lipinski definition) is 5. The first-order valence-electron chi connectivity index (χ1n) is 5.75. The van der Waals surface area contributed by atoms with Gasteiger partial charge in [-0.05, 0) is 17.7 Å². The Labute approximate surface area is 111 Å². The highest BCUT2D eigenvalue weighted by atomic mass is 16.5. The number of nitrogens with two attached hydrogens (primary N) is 1. The summed E-state index contributed by atoms with van der Waals surface area (Å²) in [5.41, 5.74) is 6.74. The van der Waals surface area contributed by atoms with Crippen molar-refractivity contribution in [2.24, 2.45) is 0 Å². The maximum Gasteiger partial charge on any atom is 0.203 e. The lowest BCUT2D eigenvalue weighted by Gasteiger charge is -2.14. The third-order valence-corrected chi connectivity index (χ3v) is 2.83. The molecule has 19 heavy (non-hydrogen) atoms. The summed E-state index contributed by atoms with van der Waals surface area (Å²) in [6.45, 7) is 0.586. The van der Waals surface area contributed by atoms with E-state index in [1.165, 1.54) is 0 Å². The fraction of sp³-hybridized carbons (Fsp3) is 0.308. The average Bonchev–Trinajstić information content (AvgIpc) is 2.83. The van der Waals surface area contributed by atoms with E-state index in [2.05, 4.69) is 4.98 Å². The molecule has 0 aliphatic carbocycles. The number of methoxy groups -OCH3 is 3. The molecule has 6 heteroatoms. The van der Waals surface area contributed by atoms with Gasteiger partial charge in [0.15, 0.2) is 17.4 Å². The van der Waals surface area contributed by atoms with Crippen LogP contribution >= 0.6 is 0 Å². The smallest absolute Gasteiger partial charge is 0.203 e. The van der Waals surface area contributed by atoms with Crippen molar-refractivity contribution in [3.63, 3.8) is 0 Å². The van der Waals surface area contributed by atoms with Gasteiger partial charge >= 0.3 is 0 Å². The second-order valence-corrected chi connectivity index (χ2v) is 3.95. The lowest BCUT2D eigenvalue weighted by atomic mass is 10.1. The normalized spacial score (nSPS) is 10.3. The predicted molar refractivity (Wildman–Crippen MR) is 71.8 cm³/mol. The molecular formula is C13H17N3O3. The lowest BCUT2D eigenvalue weighted by molar-refractivity contribution is 0.323. The quantitative estimate of drug-likeness (QED) is 0.886. The first-order valence-corrected chi connectivity index (χ1v) is 5.75. The van der Waals surface area contributed by atoms with Gasteiger partial charge < -0.3 is 24.5 Å². The topological polar surface area (TPSA) is 71.5 Å². The summed E-state index contributed by atoms with van der Waals surface area (Å²) in [5, 5.41) is 0. The van der Waals surface area contributed by atoms with Gasteiger partial charge in [-0.3, -0.25) is 0 Å². The van der Waals surface area contributed by atoms with Crippen molar-refractivity contribution in [1.82, 2.24) is 9.55 Å². The predicted octanol–water partition coefficient (Wildman–Crippen LogP) is 1.54. The molecule has 0 bridgehead atoms. The van der Waals surface area contributed by atoms with Gasteiger partial charge in [-0.2, -0.15) is 0 Å². The van der Waals surface area contributed by atoms with E-state index in [9.17, 15) is 0 Å². The first-order chi connectivity index (χ1) is 9.19. The standard InChI is InChI=1S/C13H17N3O3/c1-17-10-6-9(7-11(18-2)12(10)19-3)8-16-5-4-15-13(16)14/h4-7H,8H2,1-3H3,(H2,14,15). The molecule has 1 aromatic heterocycles. The van der Waals surface area contributed by atoms with E-state index in [0.717, 1.165) is 5.56 Å². The van der Waals surface area contributed by atoms with Crippen molar-refractivity contribution in [3.05, 3.63) is 30.1 Å². The minimum atomic E-state index is 0.466. The Balaban J connectivity index is 2.39. The Bertz CT molecular complexity index is 541. The summed E-state index contributed by atoms with van der Waals surface area (Å²) >= 11 is 0. The molecule has 0 spiro atoms. The van der Waals surface area contributed by atoms with Gasteiger partial charge in [-0.15, -0.1) is 0 Å². The van der Waals surface area contributed by atoms with E-state index in [0.29, 0.717) is 29.7 Å². The molecule has 2 rings (SSSR count). The van der Waals surface area contributed by atoms with Crippen molar-refractivity contribution < 1.29 is 14.2 Å². The van der Waals surface area contributed by atoms with Gasteiger partial charge in [-0.25, -0.2) is 4.98 Å². The van der Waals surface area contributed by atoms with Gasteiger partial charge in [0, 0.05) is 12.4 Å². The van der Waals surface area contributed by atoms with Crippen LogP contribution in [-0.4, -0.2) is 30.9 Å². The second-order valence-electron chi connectivity index (χ2n) is 3.95. The van der Waals surface area contributed by atoms with Gasteiger partial charge in [0.25, 0.3) is 0 Å². The molecule has 0 aliphatic heterocycles. The summed E-state index contributed by atoms with van der Waals surface area (Å²) in [4.78, 5) is 3.99. The average molecular weight is 263 g/mol. The van der Waals surface area contributed by atoms with Crippen LogP contribution < -0.4 is 19.9 Å². The highest BCUT2D eigenvalue weighted by molar-refractivity contribution is 5.54. The monoisotopic (exact) mass is 263 g/mol. The van der Waals surface area contributed by atoms with E-state index in [4.69, 9.17) is 19.9 Å². The fourth-order valence-electron chi connectivity index (χ4n) is 1.90. The molecule has 0 radical (unpaired) electrons. The minimum absolute atomic E-state index is 0.466. The number of imidazole rings is 1. The van der Waals surface area contributed by atoms with Gasteiger partial charge in [0.1, 0.15) is 0 Å². The van der Waals surface area contributed by atoms with Crippen LogP contribution in [0.4, 0.5) is 5.95 Å². The van der Waals surface area contributed by atoms with Crippen LogP contribution in [-0.2, 0) is 6.54 Å². The highest BCUT2D eigenvalue weighted by Crippen LogP contribution is 2.38. The van der Waals surface area contributed by atoms with Crippen molar-refractivity contribution in [2.75, 3.05) is 27.1 Å². The molecule has 0 aliphatic rings. The van der Waals surface area contributed by atoms with Crippen molar-refractivity contribution in [1.29, 1.82) is 0 Å². The maximum atomic E-state index is 5.75. The van der Waals surface area contributed by atoms with Crippen LogP contribution in [0.25, 0.3) is 0 Å². The zero-order chi connectivity index (χ0) is 13.8. The molecule has 1 heterocycles. The van der Waals surface area contributed by atoms with E-state index in [1.54, 1.807) is 27.5 Å². The maximum absolute atomic E-state index is 5.75. The number of nitrogens with zero attached hydrogens (tertiary/aromatic N) is 2. The number of hydrogen-bond donors (Lipinski definition) is 1. The SMILES string of the molecule is COc1cc(Cn2ccnc2N)cc(OC)c1OC. The summed E-state index contributed by atoms with van der Waals surface area (Å²) in [7, 11) is 4.76. The summed E-state index contributed by atoms with van der Waals surface area (Å²) < 4.78 is 17.7. The molecule has 0 amide bonds. The van der Waals surface area contributed by atoms with Crippen molar-refractivity contribution in [2.45, 2.75) is 6.54 Å². The molecule has 1 aromatic carbocycles. The first kappa shape index (κ1) is 13.1. The number of benzene rings is 1. The Hall–Kier alpha value is -2.37. The fourth-order valence-corrected chi connectivity index (χ4v) is 1.90. The van der Waals surface area contributed by atoms with Gasteiger partial charge in [0.2, 0.25) is 5.75 Å². The van der Waals surface area contributed by atoms with Crippen LogP contribution in [0.1, 0.15) is 5.56 Å². The zero-order valence-electron chi connectivity index (χ0n) is 11.2. The van der Waals surface area contributed by atoms with E-state index >= 15 is 0 Å². The van der Waals surface area contributed by atoms with Gasteiger partial charge in [0.05, 0.1) is 27.9 Å². The van der Waals surface area contributed by atoms with Crippen molar-refractivity contribution in [3.8, 4) is 17.2 Å². The van der Waals surface area contributed by atoms with Crippen LogP contribution in [0.3, 0.4) is 0 Å². The number of rotatable bonds is 5. The van der Waals surface area contributed by atoms with Crippen molar-refractivity contribution >= 4 is 5.95 Å². The molecular weight excluding hydrogens is 246 g/mol. The molecule has 2 N–H and O–H groups in total.